The summed E-state index contributed by atoms with van der Waals surface area (Å²) in [6, 6.07) is 7.75. The summed E-state index contributed by atoms with van der Waals surface area (Å²) in [5, 5.41) is 0.801. The van der Waals surface area contributed by atoms with Crippen molar-refractivity contribution in [2.45, 2.75) is 0 Å². The molecule has 0 aromatic heterocycles. The van der Waals surface area contributed by atoms with Gasteiger partial charge in [0.05, 0.1) is 0 Å². The Labute approximate surface area is 63.1 Å². The van der Waals surface area contributed by atoms with Crippen LogP contribution in [0.2, 0.25) is 5.02 Å². The fourth-order valence-electron chi connectivity index (χ4n) is 0.533. The molecule has 0 atom stereocenters. The van der Waals surface area contributed by atoms with Crippen LogP contribution in [0, 0.1) is 0 Å². The van der Waals surface area contributed by atoms with Gasteiger partial charge in [-0.05, 0) is 0 Å². The summed E-state index contributed by atoms with van der Waals surface area (Å²) in [6.45, 7) is 0. The molecule has 1 aromatic rings. The topological polar surface area (TPSA) is 0 Å². The van der Waals surface area contributed by atoms with E-state index in [1.807, 2.05) is 42.0 Å². The first-order valence-electron chi connectivity index (χ1n) is 2.51. The molecule has 0 saturated heterocycles. The van der Waals surface area contributed by atoms with Gasteiger partial charge in [-0.1, -0.05) is 0 Å². The molecule has 0 N–H and O–H groups in total. The van der Waals surface area contributed by atoms with Gasteiger partial charge in [0.2, 0.25) is 0 Å². The van der Waals surface area contributed by atoms with E-state index in [4.69, 9.17) is 11.6 Å². The summed E-state index contributed by atoms with van der Waals surface area (Å²) < 4.78 is 1.24. The van der Waals surface area contributed by atoms with Crippen LogP contribution in [-0.2, 0) is 0 Å². The fraction of sp³-hybridized carbons (Fsp3) is 0. The summed E-state index contributed by atoms with van der Waals surface area (Å²) in [5.41, 5.74) is 0. The fourth-order valence-corrected chi connectivity index (χ4v) is 0.659. The minimum absolute atomic E-state index is 0.801. The molecular formula is C6H4ClLi. The van der Waals surface area contributed by atoms with Crippen LogP contribution < -0.4 is 4.24 Å². The molecule has 0 unspecified atom stereocenters. The second-order valence-electron chi connectivity index (χ2n) is 1.80. The maximum atomic E-state index is 5.61. The Morgan fingerprint density at radius 1 is 1.12 bits per heavy atom. The third kappa shape index (κ3) is 1.56. The first-order valence-corrected chi connectivity index (χ1v) is 2.89. The average Bonchev–Trinajstić information content (AvgIpc) is 1.77. The third-order valence-electron chi connectivity index (χ3n) is 1.01. The zero-order chi connectivity index (χ0) is 5.98. The van der Waals surface area contributed by atoms with Crippen LogP contribution in [0.5, 0.6) is 0 Å². The van der Waals surface area contributed by atoms with Crippen LogP contribution in [0.15, 0.2) is 24.3 Å². The summed E-state index contributed by atoms with van der Waals surface area (Å²) in [4.78, 5) is 0. The van der Waals surface area contributed by atoms with E-state index in [-0.39, 0.29) is 0 Å². The van der Waals surface area contributed by atoms with E-state index in [0.29, 0.717) is 0 Å². The Hall–Kier alpha value is 0.107. The predicted octanol–water partition coefficient (Wildman–Crippen LogP) is 1.13. The van der Waals surface area contributed by atoms with Gasteiger partial charge in [0, 0.05) is 0 Å². The molecule has 0 aliphatic heterocycles. The van der Waals surface area contributed by atoms with Gasteiger partial charge >= 0.3 is 62.8 Å². The molecule has 0 aliphatic carbocycles. The van der Waals surface area contributed by atoms with Crippen molar-refractivity contribution in [2.24, 2.45) is 0 Å². The zero-order valence-corrected chi connectivity index (χ0v) is 5.44. The molecule has 0 aliphatic rings. The van der Waals surface area contributed by atoms with Crippen molar-refractivity contribution < 1.29 is 0 Å². The quantitative estimate of drug-likeness (QED) is 0.448. The van der Waals surface area contributed by atoms with Crippen molar-refractivity contribution in [3.63, 3.8) is 0 Å². The molecule has 0 spiro atoms. The van der Waals surface area contributed by atoms with Crippen molar-refractivity contribution in [3.05, 3.63) is 29.3 Å². The van der Waals surface area contributed by atoms with Crippen molar-refractivity contribution >= 4 is 33.6 Å². The zero-order valence-electron chi connectivity index (χ0n) is 4.69. The molecule has 0 fully saturated rings. The first kappa shape index (κ1) is 6.23. The van der Waals surface area contributed by atoms with Crippen molar-refractivity contribution in [3.8, 4) is 0 Å². The maximum absolute atomic E-state index is 5.61. The summed E-state index contributed by atoms with van der Waals surface area (Å²) in [7, 11) is 0. The minimum atomic E-state index is 0.801. The second kappa shape index (κ2) is 2.60. The van der Waals surface area contributed by atoms with Crippen LogP contribution in [-0.4, -0.2) is 17.7 Å². The van der Waals surface area contributed by atoms with Crippen LogP contribution in [0.25, 0.3) is 0 Å². The molecule has 2 heteroatoms. The number of hydrogen-bond acceptors (Lipinski definition) is 0. The van der Waals surface area contributed by atoms with Gasteiger partial charge < -0.3 is 0 Å². The number of rotatable bonds is 0. The molecule has 0 radical (unpaired) electrons. The summed E-state index contributed by atoms with van der Waals surface area (Å²) in [5.74, 6) is 0. The van der Waals surface area contributed by atoms with Crippen molar-refractivity contribution in [1.29, 1.82) is 0 Å². The van der Waals surface area contributed by atoms with Crippen LogP contribution in [0.4, 0.5) is 0 Å². The van der Waals surface area contributed by atoms with E-state index >= 15 is 0 Å². The number of benzene rings is 1. The van der Waals surface area contributed by atoms with E-state index in [2.05, 4.69) is 0 Å². The Bertz CT molecular complexity index is 147. The second-order valence-corrected chi connectivity index (χ2v) is 2.23. The Morgan fingerprint density at radius 3 is 2.00 bits per heavy atom. The molecule has 1 aromatic carbocycles. The molecular weight excluding hydrogens is 114 g/mol. The third-order valence-corrected chi connectivity index (χ3v) is 1.26. The molecule has 36 valence electrons. The monoisotopic (exact) mass is 118 g/mol. The van der Waals surface area contributed by atoms with E-state index in [1.54, 1.807) is 0 Å². The van der Waals surface area contributed by atoms with Crippen LogP contribution in [0.3, 0.4) is 0 Å². The van der Waals surface area contributed by atoms with Crippen molar-refractivity contribution in [1.82, 2.24) is 0 Å². The summed E-state index contributed by atoms with van der Waals surface area (Å²) >= 11 is 7.65. The van der Waals surface area contributed by atoms with Gasteiger partial charge in [-0.2, -0.15) is 0 Å². The van der Waals surface area contributed by atoms with Gasteiger partial charge in [-0.15, -0.1) is 0 Å². The molecule has 0 saturated carbocycles. The van der Waals surface area contributed by atoms with Gasteiger partial charge in [0.1, 0.15) is 0 Å². The first-order chi connectivity index (χ1) is 3.79. The van der Waals surface area contributed by atoms with Crippen LogP contribution in [0.1, 0.15) is 0 Å². The normalized spacial score (nSPS) is 9.38. The molecule has 0 bridgehead atoms. The number of hydrogen-bond donors (Lipinski definition) is 0. The number of halogens is 1. The van der Waals surface area contributed by atoms with Gasteiger partial charge in [-0.3, -0.25) is 0 Å². The predicted molar refractivity (Wildman–Crippen MR) is 36.8 cm³/mol. The van der Waals surface area contributed by atoms with Crippen molar-refractivity contribution in [2.75, 3.05) is 0 Å². The standard InChI is InChI=1S/C6H4Cl.Li/c7-6-4-2-1-3-5-6;/h2-5H;. The van der Waals surface area contributed by atoms with E-state index in [9.17, 15) is 0 Å². The van der Waals surface area contributed by atoms with Gasteiger partial charge in [-0.25, -0.2) is 0 Å². The van der Waals surface area contributed by atoms with Crippen LogP contribution >= 0.6 is 11.6 Å². The van der Waals surface area contributed by atoms with Gasteiger partial charge in [0.25, 0.3) is 0 Å². The average molecular weight is 118 g/mol. The summed E-state index contributed by atoms with van der Waals surface area (Å²) in [6.07, 6.45) is 0. The SMILES string of the molecule is [Li][c]1ccc(Cl)cc1. The molecule has 8 heavy (non-hydrogen) atoms. The molecule has 1 rings (SSSR count). The Morgan fingerprint density at radius 2 is 1.62 bits per heavy atom. The molecule has 0 heterocycles. The van der Waals surface area contributed by atoms with E-state index < -0.39 is 0 Å². The Balaban J connectivity index is 3.03. The Kier molecular flexibility index (Phi) is 2.02. The van der Waals surface area contributed by atoms with E-state index in [0.717, 1.165) is 5.02 Å². The molecule has 0 amide bonds. The van der Waals surface area contributed by atoms with E-state index in [1.165, 1.54) is 4.24 Å². The van der Waals surface area contributed by atoms with Gasteiger partial charge in [0.15, 0.2) is 0 Å². The molecule has 0 nitrogen and oxygen atoms in total.